The van der Waals surface area contributed by atoms with Gasteiger partial charge in [-0.05, 0) is 49.4 Å². The molecular formula is C23H29NO3. The Bertz CT molecular complexity index is 741. The highest BCUT2D eigenvalue weighted by Crippen LogP contribution is 2.12. The van der Waals surface area contributed by atoms with Crippen molar-refractivity contribution in [3.63, 3.8) is 0 Å². The molecule has 0 aromatic heterocycles. The van der Waals surface area contributed by atoms with Crippen LogP contribution in [0.1, 0.15) is 46.3 Å². The number of carbonyl (C=O) groups is 2. The van der Waals surface area contributed by atoms with Gasteiger partial charge in [0.1, 0.15) is 0 Å². The van der Waals surface area contributed by atoms with Gasteiger partial charge < -0.3 is 10.1 Å². The van der Waals surface area contributed by atoms with E-state index in [0.717, 1.165) is 24.0 Å². The number of benzene rings is 2. The van der Waals surface area contributed by atoms with Crippen LogP contribution < -0.4 is 5.32 Å². The van der Waals surface area contributed by atoms with Crippen LogP contribution in [0.4, 0.5) is 0 Å². The van der Waals surface area contributed by atoms with E-state index in [1.807, 2.05) is 50.2 Å². The summed E-state index contributed by atoms with van der Waals surface area (Å²) < 4.78 is 5.59. The van der Waals surface area contributed by atoms with Crippen molar-refractivity contribution in [2.75, 3.05) is 19.8 Å². The van der Waals surface area contributed by atoms with E-state index < -0.39 is 0 Å². The summed E-state index contributed by atoms with van der Waals surface area (Å²) in [5.74, 6) is -0.0750. The van der Waals surface area contributed by atoms with E-state index in [2.05, 4.69) is 17.4 Å². The molecule has 1 amide bonds. The fourth-order valence-electron chi connectivity index (χ4n) is 2.71. The number of rotatable bonds is 11. The number of hydrogen-bond donors (Lipinski definition) is 1. The van der Waals surface area contributed by atoms with Crippen LogP contribution in [-0.4, -0.2) is 31.4 Å². The molecule has 0 atom stereocenters. The number of hydrogen-bond acceptors (Lipinski definition) is 3. The fourth-order valence-corrected chi connectivity index (χ4v) is 2.71. The smallest absolute Gasteiger partial charge is 0.220 e. The van der Waals surface area contributed by atoms with Crippen LogP contribution in [0, 0.1) is 13.8 Å². The zero-order valence-electron chi connectivity index (χ0n) is 16.3. The van der Waals surface area contributed by atoms with E-state index in [4.69, 9.17) is 4.74 Å². The van der Waals surface area contributed by atoms with Gasteiger partial charge in [0.2, 0.25) is 5.91 Å². The van der Waals surface area contributed by atoms with Crippen LogP contribution in [0.25, 0.3) is 0 Å². The number of Topliss-reactive ketones (excluding diaryl/α,β-unsaturated/α-hetero) is 1. The minimum atomic E-state index is -0.0866. The zero-order valence-corrected chi connectivity index (χ0v) is 16.3. The SMILES string of the molecule is Cc1ccc(C(=O)CCC(=O)NCCCOCCc2ccccc2)cc1C. The van der Waals surface area contributed by atoms with E-state index in [-0.39, 0.29) is 24.5 Å². The lowest BCUT2D eigenvalue weighted by Gasteiger charge is -2.07. The first-order chi connectivity index (χ1) is 13.1. The lowest BCUT2D eigenvalue weighted by molar-refractivity contribution is -0.121. The Balaban J connectivity index is 1.53. The monoisotopic (exact) mass is 367 g/mol. The van der Waals surface area contributed by atoms with Gasteiger partial charge in [-0.15, -0.1) is 0 Å². The number of aryl methyl sites for hydroxylation is 2. The van der Waals surface area contributed by atoms with Crippen LogP contribution >= 0.6 is 0 Å². The Morgan fingerprint density at radius 1 is 0.926 bits per heavy atom. The Kier molecular flexibility index (Phi) is 8.72. The van der Waals surface area contributed by atoms with Crippen molar-refractivity contribution in [2.24, 2.45) is 0 Å². The predicted molar refractivity (Wildman–Crippen MR) is 108 cm³/mol. The first-order valence-electron chi connectivity index (χ1n) is 9.55. The Labute approximate surface area is 161 Å². The molecule has 0 saturated carbocycles. The van der Waals surface area contributed by atoms with E-state index in [9.17, 15) is 9.59 Å². The highest BCUT2D eigenvalue weighted by atomic mass is 16.5. The molecule has 1 N–H and O–H groups in total. The molecule has 2 rings (SSSR count). The number of nitrogens with one attached hydrogen (secondary N) is 1. The maximum absolute atomic E-state index is 12.2. The summed E-state index contributed by atoms with van der Waals surface area (Å²) in [6, 6.07) is 15.9. The second kappa shape index (κ2) is 11.3. The molecule has 4 heteroatoms. The summed E-state index contributed by atoms with van der Waals surface area (Å²) in [5, 5.41) is 2.85. The number of carbonyl (C=O) groups excluding carboxylic acids is 2. The topological polar surface area (TPSA) is 55.4 Å². The molecule has 0 saturated heterocycles. The first kappa shape index (κ1) is 20.8. The van der Waals surface area contributed by atoms with Gasteiger partial charge in [-0.3, -0.25) is 9.59 Å². The molecular weight excluding hydrogens is 338 g/mol. The molecule has 0 unspecified atom stereocenters. The summed E-state index contributed by atoms with van der Waals surface area (Å²) in [5.41, 5.74) is 4.20. The van der Waals surface area contributed by atoms with Crippen molar-refractivity contribution < 1.29 is 14.3 Å². The van der Waals surface area contributed by atoms with E-state index in [0.29, 0.717) is 25.3 Å². The molecule has 0 heterocycles. The molecule has 2 aromatic carbocycles. The fraction of sp³-hybridized carbons (Fsp3) is 0.391. The minimum Gasteiger partial charge on any atom is -0.381 e. The third-order valence-corrected chi connectivity index (χ3v) is 4.57. The maximum atomic E-state index is 12.2. The average molecular weight is 367 g/mol. The minimum absolute atomic E-state index is 0.0116. The normalized spacial score (nSPS) is 10.6. The highest BCUT2D eigenvalue weighted by Gasteiger charge is 2.10. The van der Waals surface area contributed by atoms with Crippen LogP contribution in [-0.2, 0) is 16.0 Å². The first-order valence-corrected chi connectivity index (χ1v) is 9.55. The summed E-state index contributed by atoms with van der Waals surface area (Å²) in [6.45, 7) is 5.88. The van der Waals surface area contributed by atoms with Crippen molar-refractivity contribution in [3.05, 3.63) is 70.8 Å². The Hall–Kier alpha value is -2.46. The molecule has 0 aliphatic rings. The summed E-state index contributed by atoms with van der Waals surface area (Å²) >= 11 is 0. The van der Waals surface area contributed by atoms with Gasteiger partial charge >= 0.3 is 0 Å². The van der Waals surface area contributed by atoms with Crippen molar-refractivity contribution in [1.82, 2.24) is 5.32 Å². The summed E-state index contributed by atoms with van der Waals surface area (Å²) in [4.78, 5) is 24.0. The van der Waals surface area contributed by atoms with Gasteiger partial charge in [0.05, 0.1) is 6.61 Å². The van der Waals surface area contributed by atoms with Crippen LogP contribution in [0.3, 0.4) is 0 Å². The molecule has 0 aliphatic heterocycles. The van der Waals surface area contributed by atoms with E-state index >= 15 is 0 Å². The quantitative estimate of drug-likeness (QED) is 0.482. The molecule has 0 bridgehead atoms. The van der Waals surface area contributed by atoms with Gasteiger partial charge in [-0.1, -0.05) is 42.5 Å². The second-order valence-corrected chi connectivity index (χ2v) is 6.77. The summed E-state index contributed by atoms with van der Waals surface area (Å²) in [7, 11) is 0. The predicted octanol–water partition coefficient (Wildman–Crippen LogP) is 4.03. The average Bonchev–Trinajstić information content (AvgIpc) is 2.68. The molecule has 0 aliphatic carbocycles. The number of ether oxygens (including phenoxy) is 1. The Morgan fingerprint density at radius 3 is 2.44 bits per heavy atom. The van der Waals surface area contributed by atoms with Crippen molar-refractivity contribution in [1.29, 1.82) is 0 Å². The molecule has 144 valence electrons. The van der Waals surface area contributed by atoms with Gasteiger partial charge in [-0.25, -0.2) is 0 Å². The molecule has 0 radical (unpaired) electrons. The molecule has 4 nitrogen and oxygen atoms in total. The molecule has 2 aromatic rings. The molecule has 0 fully saturated rings. The second-order valence-electron chi connectivity index (χ2n) is 6.77. The Morgan fingerprint density at radius 2 is 1.70 bits per heavy atom. The maximum Gasteiger partial charge on any atom is 0.220 e. The molecule has 0 spiro atoms. The van der Waals surface area contributed by atoms with Crippen molar-refractivity contribution >= 4 is 11.7 Å². The lowest BCUT2D eigenvalue weighted by atomic mass is 10.0. The van der Waals surface area contributed by atoms with Crippen LogP contribution in [0.5, 0.6) is 0 Å². The van der Waals surface area contributed by atoms with Crippen molar-refractivity contribution in [3.8, 4) is 0 Å². The van der Waals surface area contributed by atoms with E-state index in [1.54, 1.807) is 0 Å². The third kappa shape index (κ3) is 7.75. The van der Waals surface area contributed by atoms with E-state index in [1.165, 1.54) is 5.56 Å². The number of amides is 1. The van der Waals surface area contributed by atoms with Gasteiger partial charge in [0, 0.05) is 31.6 Å². The highest BCUT2D eigenvalue weighted by molar-refractivity contribution is 5.98. The standard InChI is InChI=1S/C23H29NO3/c1-18-9-10-21(17-19(18)2)22(25)11-12-23(26)24-14-6-15-27-16-13-20-7-4-3-5-8-20/h3-5,7-10,17H,6,11-16H2,1-2H3,(H,24,26). The lowest BCUT2D eigenvalue weighted by Crippen LogP contribution is -2.25. The van der Waals surface area contributed by atoms with Gasteiger partial charge in [0.25, 0.3) is 0 Å². The largest absolute Gasteiger partial charge is 0.381 e. The van der Waals surface area contributed by atoms with Crippen molar-refractivity contribution in [2.45, 2.75) is 39.5 Å². The van der Waals surface area contributed by atoms with Gasteiger partial charge in [-0.2, -0.15) is 0 Å². The van der Waals surface area contributed by atoms with Crippen LogP contribution in [0.15, 0.2) is 48.5 Å². The summed E-state index contributed by atoms with van der Waals surface area (Å²) in [6.07, 6.45) is 2.13. The molecule has 27 heavy (non-hydrogen) atoms. The van der Waals surface area contributed by atoms with Crippen LogP contribution in [0.2, 0.25) is 0 Å². The van der Waals surface area contributed by atoms with Gasteiger partial charge in [0.15, 0.2) is 5.78 Å². The zero-order chi connectivity index (χ0) is 19.5. The number of ketones is 1. The third-order valence-electron chi connectivity index (χ3n) is 4.57.